The molecule has 0 atom stereocenters. The topological polar surface area (TPSA) is 75.0 Å². The molecule has 0 fully saturated rings. The minimum Gasteiger partial charge on any atom is -0.495 e. The van der Waals surface area contributed by atoms with Crippen molar-refractivity contribution in [1.29, 1.82) is 0 Å². The van der Waals surface area contributed by atoms with Crippen LogP contribution in [0.2, 0.25) is 5.02 Å². The Morgan fingerprint density at radius 1 is 1.11 bits per heavy atom. The zero-order valence-electron chi connectivity index (χ0n) is 14.8. The highest BCUT2D eigenvalue weighted by Gasteiger charge is 2.22. The predicted molar refractivity (Wildman–Crippen MR) is 99.5 cm³/mol. The normalized spacial score (nSPS) is 10.8. The lowest BCUT2D eigenvalue weighted by Gasteiger charge is -2.07. The molecule has 0 aliphatic carbocycles. The first kappa shape index (κ1) is 18.9. The Hall–Kier alpha value is -2.83. The number of benzene rings is 2. The zero-order chi connectivity index (χ0) is 19.4. The molecule has 2 aromatic carbocycles. The average molecular weight is 389 g/mol. The van der Waals surface area contributed by atoms with E-state index in [2.05, 4.69) is 0 Å². The fourth-order valence-electron chi connectivity index (χ4n) is 2.67. The summed E-state index contributed by atoms with van der Waals surface area (Å²) in [5, 5.41) is 1.06. The van der Waals surface area contributed by atoms with Crippen LogP contribution < -0.4 is 4.74 Å². The first-order valence-electron chi connectivity index (χ1n) is 8.08. The standard InChI is InChI=1S/C20H17ClO6/c1-24-10-14-13-5-3-4-6-17(13)27-19(14)20(23)26-11-16(22)12-7-8-18(25-2)15(21)9-12/h3-9H,10-11H2,1-2H3. The lowest BCUT2D eigenvalue weighted by atomic mass is 10.1. The van der Waals surface area contributed by atoms with Gasteiger partial charge in [-0.2, -0.15) is 0 Å². The van der Waals surface area contributed by atoms with Gasteiger partial charge in [-0.25, -0.2) is 4.79 Å². The quantitative estimate of drug-likeness (QED) is 0.444. The van der Waals surface area contributed by atoms with Crippen molar-refractivity contribution < 1.29 is 28.2 Å². The van der Waals surface area contributed by atoms with Gasteiger partial charge in [-0.15, -0.1) is 0 Å². The second-order valence-electron chi connectivity index (χ2n) is 5.69. The first-order valence-corrected chi connectivity index (χ1v) is 8.46. The van der Waals surface area contributed by atoms with Gasteiger partial charge in [-0.1, -0.05) is 29.8 Å². The number of carbonyl (C=O) groups excluding carboxylic acids is 2. The summed E-state index contributed by atoms with van der Waals surface area (Å²) in [7, 11) is 3.00. The van der Waals surface area contributed by atoms with Gasteiger partial charge >= 0.3 is 5.97 Å². The van der Waals surface area contributed by atoms with Gasteiger partial charge in [0, 0.05) is 23.6 Å². The monoisotopic (exact) mass is 388 g/mol. The van der Waals surface area contributed by atoms with E-state index in [0.29, 0.717) is 27.5 Å². The van der Waals surface area contributed by atoms with Crippen LogP contribution in [0.1, 0.15) is 26.5 Å². The van der Waals surface area contributed by atoms with Crippen LogP contribution in [0.15, 0.2) is 46.9 Å². The Morgan fingerprint density at radius 2 is 1.89 bits per heavy atom. The van der Waals surface area contributed by atoms with E-state index in [9.17, 15) is 9.59 Å². The molecule has 0 saturated heterocycles. The smallest absolute Gasteiger partial charge is 0.375 e. The van der Waals surface area contributed by atoms with Crippen molar-refractivity contribution in [2.75, 3.05) is 20.8 Å². The molecule has 0 saturated carbocycles. The Kier molecular flexibility index (Phi) is 5.78. The van der Waals surface area contributed by atoms with Gasteiger partial charge in [0.15, 0.2) is 12.4 Å². The summed E-state index contributed by atoms with van der Waals surface area (Å²) >= 11 is 6.02. The lowest BCUT2D eigenvalue weighted by Crippen LogP contribution is -2.15. The molecule has 0 spiro atoms. The summed E-state index contributed by atoms with van der Waals surface area (Å²) in [6.07, 6.45) is 0. The van der Waals surface area contributed by atoms with Crippen LogP contribution in [0.25, 0.3) is 11.0 Å². The molecular formula is C20H17ClO6. The molecule has 0 N–H and O–H groups in total. The minimum atomic E-state index is -0.730. The number of Topliss-reactive ketones (excluding diaryl/α,β-unsaturated/α-hetero) is 1. The third-order valence-electron chi connectivity index (χ3n) is 3.98. The van der Waals surface area contributed by atoms with Crippen LogP contribution in [0, 0.1) is 0 Å². The van der Waals surface area contributed by atoms with Gasteiger partial charge in [0.1, 0.15) is 11.3 Å². The number of carbonyl (C=O) groups is 2. The summed E-state index contributed by atoms with van der Waals surface area (Å²) in [5.41, 5.74) is 1.44. The highest BCUT2D eigenvalue weighted by atomic mass is 35.5. The SMILES string of the molecule is COCc1c(C(=O)OCC(=O)c2ccc(OC)c(Cl)c2)oc2ccccc12. The van der Waals surface area contributed by atoms with Crippen molar-refractivity contribution in [3.8, 4) is 5.75 Å². The summed E-state index contributed by atoms with van der Waals surface area (Å²) < 4.78 is 20.9. The van der Waals surface area contributed by atoms with Crippen molar-refractivity contribution >= 4 is 34.3 Å². The third kappa shape index (κ3) is 3.97. The van der Waals surface area contributed by atoms with E-state index in [1.807, 2.05) is 12.1 Å². The molecule has 1 aromatic heterocycles. The minimum absolute atomic E-state index is 0.0265. The highest BCUT2D eigenvalue weighted by Crippen LogP contribution is 2.28. The van der Waals surface area contributed by atoms with Crippen molar-refractivity contribution in [1.82, 2.24) is 0 Å². The molecule has 0 radical (unpaired) electrons. The second-order valence-corrected chi connectivity index (χ2v) is 6.09. The van der Waals surface area contributed by atoms with E-state index >= 15 is 0 Å². The van der Waals surface area contributed by atoms with Crippen LogP contribution in [-0.2, 0) is 16.1 Å². The van der Waals surface area contributed by atoms with E-state index in [0.717, 1.165) is 5.39 Å². The fourth-order valence-corrected chi connectivity index (χ4v) is 2.93. The van der Waals surface area contributed by atoms with Gasteiger partial charge in [-0.3, -0.25) is 4.79 Å². The number of para-hydroxylation sites is 1. The van der Waals surface area contributed by atoms with Crippen LogP contribution in [0.4, 0.5) is 0 Å². The molecule has 0 amide bonds. The number of furan rings is 1. The molecule has 0 bridgehead atoms. The predicted octanol–water partition coefficient (Wildman–Crippen LogP) is 4.28. The molecule has 6 nitrogen and oxygen atoms in total. The Balaban J connectivity index is 1.76. The molecule has 0 aliphatic heterocycles. The third-order valence-corrected chi connectivity index (χ3v) is 4.28. The summed E-state index contributed by atoms with van der Waals surface area (Å²) in [6, 6.07) is 11.8. The van der Waals surface area contributed by atoms with E-state index < -0.39 is 18.4 Å². The molecule has 0 unspecified atom stereocenters. The van der Waals surface area contributed by atoms with Crippen molar-refractivity contribution in [2.24, 2.45) is 0 Å². The van der Waals surface area contributed by atoms with E-state index in [-0.39, 0.29) is 12.4 Å². The maximum absolute atomic E-state index is 12.4. The number of ether oxygens (including phenoxy) is 3. The molecule has 7 heteroatoms. The van der Waals surface area contributed by atoms with Gasteiger partial charge < -0.3 is 18.6 Å². The molecular weight excluding hydrogens is 372 g/mol. The summed E-state index contributed by atoms with van der Waals surface area (Å²) in [6.45, 7) is -0.256. The number of hydrogen-bond donors (Lipinski definition) is 0. The maximum atomic E-state index is 12.4. The number of halogens is 1. The van der Waals surface area contributed by atoms with E-state index in [1.54, 1.807) is 24.3 Å². The van der Waals surface area contributed by atoms with Crippen molar-refractivity contribution in [3.63, 3.8) is 0 Å². The Morgan fingerprint density at radius 3 is 2.59 bits per heavy atom. The maximum Gasteiger partial charge on any atom is 0.375 e. The van der Waals surface area contributed by atoms with Crippen molar-refractivity contribution in [3.05, 3.63) is 64.4 Å². The van der Waals surface area contributed by atoms with E-state index in [4.69, 9.17) is 30.2 Å². The second kappa shape index (κ2) is 8.24. The zero-order valence-corrected chi connectivity index (χ0v) is 15.5. The first-order chi connectivity index (χ1) is 13.0. The van der Waals surface area contributed by atoms with Crippen LogP contribution >= 0.6 is 11.6 Å². The number of hydrogen-bond acceptors (Lipinski definition) is 6. The van der Waals surface area contributed by atoms with Crippen LogP contribution in [0.3, 0.4) is 0 Å². The number of fused-ring (bicyclic) bond motifs is 1. The summed E-state index contributed by atoms with van der Waals surface area (Å²) in [4.78, 5) is 24.7. The average Bonchev–Trinajstić information content (AvgIpc) is 3.05. The van der Waals surface area contributed by atoms with Gasteiger partial charge in [-0.05, 0) is 24.3 Å². The van der Waals surface area contributed by atoms with Crippen LogP contribution in [0.5, 0.6) is 5.75 Å². The van der Waals surface area contributed by atoms with Crippen molar-refractivity contribution in [2.45, 2.75) is 6.61 Å². The largest absolute Gasteiger partial charge is 0.495 e. The number of methoxy groups -OCH3 is 2. The Bertz CT molecular complexity index is 991. The molecule has 27 heavy (non-hydrogen) atoms. The van der Waals surface area contributed by atoms with Gasteiger partial charge in [0.05, 0.1) is 18.7 Å². The molecule has 140 valence electrons. The number of esters is 1. The summed E-state index contributed by atoms with van der Waals surface area (Å²) in [5.74, 6) is -0.640. The fraction of sp³-hybridized carbons (Fsp3) is 0.200. The number of rotatable bonds is 7. The molecule has 3 aromatic rings. The van der Waals surface area contributed by atoms with Gasteiger partial charge in [0.2, 0.25) is 5.76 Å². The number of ketones is 1. The van der Waals surface area contributed by atoms with Gasteiger partial charge in [0.25, 0.3) is 0 Å². The Labute approximate surface area is 160 Å². The van der Waals surface area contributed by atoms with E-state index in [1.165, 1.54) is 20.3 Å². The molecule has 3 rings (SSSR count). The molecule has 1 heterocycles. The van der Waals surface area contributed by atoms with Crippen LogP contribution in [-0.4, -0.2) is 32.6 Å². The molecule has 0 aliphatic rings. The lowest BCUT2D eigenvalue weighted by molar-refractivity contribution is 0.0441. The highest BCUT2D eigenvalue weighted by molar-refractivity contribution is 6.32.